The van der Waals surface area contributed by atoms with Gasteiger partial charge in [-0.1, -0.05) is 0 Å². The van der Waals surface area contributed by atoms with Crippen molar-refractivity contribution in [2.75, 3.05) is 6.79 Å². The van der Waals surface area contributed by atoms with Crippen LogP contribution in [0.5, 0.6) is 11.5 Å². The third-order valence-corrected chi connectivity index (χ3v) is 2.89. The molecule has 18 heavy (non-hydrogen) atoms. The Balaban J connectivity index is 1.90. The van der Waals surface area contributed by atoms with Crippen molar-refractivity contribution in [1.29, 1.82) is 0 Å². The molecule has 2 aromatic rings. The number of aromatic nitrogens is 1. The van der Waals surface area contributed by atoms with Crippen LogP contribution in [-0.2, 0) is 6.54 Å². The number of carbonyl (C=O) groups is 1. The van der Waals surface area contributed by atoms with Crippen LogP contribution < -0.4 is 14.0 Å². The van der Waals surface area contributed by atoms with E-state index in [9.17, 15) is 4.79 Å². The maximum atomic E-state index is 10.9. The monoisotopic (exact) mass is 242 g/mol. The molecule has 2 heterocycles. The van der Waals surface area contributed by atoms with Crippen molar-refractivity contribution < 1.29 is 18.8 Å². The molecule has 0 aliphatic carbocycles. The highest BCUT2D eigenvalue weighted by molar-refractivity contribution is 5.69. The molecule has 0 radical (unpaired) electrons. The lowest BCUT2D eigenvalue weighted by Gasteiger charge is -2.01. The van der Waals surface area contributed by atoms with Crippen molar-refractivity contribution in [3.63, 3.8) is 0 Å². The average molecular weight is 242 g/mol. The quantitative estimate of drug-likeness (QED) is 0.605. The lowest BCUT2D eigenvalue weighted by atomic mass is 10.2. The molecule has 4 nitrogen and oxygen atoms in total. The summed E-state index contributed by atoms with van der Waals surface area (Å²) in [4.78, 5) is 10.9. The summed E-state index contributed by atoms with van der Waals surface area (Å²) in [7, 11) is 0. The number of aldehydes is 1. The number of carbonyl (C=O) groups excluding carboxylic acids is 1. The van der Waals surface area contributed by atoms with Gasteiger partial charge in [0, 0.05) is 17.7 Å². The molecule has 0 bridgehead atoms. The van der Waals surface area contributed by atoms with Crippen molar-refractivity contribution >= 4 is 6.29 Å². The maximum Gasteiger partial charge on any atom is 0.245 e. The van der Waals surface area contributed by atoms with Gasteiger partial charge in [0.05, 0.1) is 0 Å². The van der Waals surface area contributed by atoms with Gasteiger partial charge in [0.25, 0.3) is 0 Å². The van der Waals surface area contributed by atoms with Crippen molar-refractivity contribution in [3.05, 3.63) is 53.9 Å². The van der Waals surface area contributed by atoms with E-state index < -0.39 is 0 Å². The summed E-state index contributed by atoms with van der Waals surface area (Å²) in [6, 6.07) is 11.3. The van der Waals surface area contributed by atoms with Crippen LogP contribution in [0.3, 0.4) is 0 Å². The van der Waals surface area contributed by atoms with Crippen molar-refractivity contribution in [1.82, 2.24) is 0 Å². The van der Waals surface area contributed by atoms with Gasteiger partial charge in [-0.3, -0.25) is 4.79 Å². The van der Waals surface area contributed by atoms with Gasteiger partial charge < -0.3 is 9.47 Å². The van der Waals surface area contributed by atoms with Crippen molar-refractivity contribution in [2.45, 2.75) is 6.54 Å². The van der Waals surface area contributed by atoms with E-state index in [-0.39, 0.29) is 6.79 Å². The number of fused-ring (bicyclic) bond motifs is 1. The third-order valence-electron chi connectivity index (χ3n) is 2.89. The fraction of sp³-hybridized carbons (Fsp3) is 0.143. The Kier molecular flexibility index (Phi) is 2.68. The molecule has 1 aromatic heterocycles. The number of hydrogen-bond acceptors (Lipinski definition) is 3. The van der Waals surface area contributed by atoms with E-state index in [1.807, 2.05) is 41.1 Å². The number of rotatable bonds is 3. The van der Waals surface area contributed by atoms with Gasteiger partial charge in [-0.2, -0.15) is 4.57 Å². The third kappa shape index (κ3) is 1.93. The number of hydrogen-bond donors (Lipinski definition) is 0. The first-order chi connectivity index (χ1) is 8.86. The highest BCUT2D eigenvalue weighted by atomic mass is 16.7. The molecule has 0 fully saturated rings. The summed E-state index contributed by atoms with van der Waals surface area (Å²) in [5, 5.41) is 0. The van der Waals surface area contributed by atoms with E-state index in [0.29, 0.717) is 12.2 Å². The summed E-state index contributed by atoms with van der Waals surface area (Å²) in [5.74, 6) is 1.53. The first-order valence-corrected chi connectivity index (χ1v) is 5.69. The lowest BCUT2D eigenvalue weighted by molar-refractivity contribution is -0.689. The normalized spacial score (nSPS) is 12.4. The molecule has 1 aliphatic heterocycles. The minimum atomic E-state index is 0.275. The Labute approximate surface area is 104 Å². The summed E-state index contributed by atoms with van der Waals surface area (Å²) >= 11 is 0. The Morgan fingerprint density at radius 2 is 2.06 bits per heavy atom. The number of nitrogens with zero attached hydrogens (tertiary/aromatic N) is 1. The number of ether oxygens (including phenoxy) is 2. The lowest BCUT2D eigenvalue weighted by Crippen LogP contribution is -2.38. The topological polar surface area (TPSA) is 39.4 Å². The molecule has 0 spiro atoms. The average Bonchev–Trinajstić information content (AvgIpc) is 2.87. The van der Waals surface area contributed by atoms with Crippen molar-refractivity contribution in [3.8, 4) is 11.5 Å². The van der Waals surface area contributed by atoms with E-state index in [1.54, 1.807) is 6.07 Å². The Bertz CT molecular complexity index is 595. The van der Waals surface area contributed by atoms with Crippen LogP contribution >= 0.6 is 0 Å². The molecule has 0 atom stereocenters. The molecule has 0 saturated carbocycles. The van der Waals surface area contributed by atoms with Crippen LogP contribution in [0.25, 0.3) is 0 Å². The fourth-order valence-corrected chi connectivity index (χ4v) is 1.98. The van der Waals surface area contributed by atoms with Crippen LogP contribution in [-0.4, -0.2) is 13.1 Å². The van der Waals surface area contributed by atoms with Crippen LogP contribution in [0.2, 0.25) is 0 Å². The number of benzene rings is 1. The molecule has 0 saturated heterocycles. The summed E-state index contributed by atoms with van der Waals surface area (Å²) in [6.07, 6.45) is 2.74. The zero-order valence-corrected chi connectivity index (χ0v) is 9.70. The predicted octanol–water partition coefficient (Wildman–Crippen LogP) is 1.56. The molecule has 1 aromatic carbocycles. The molecule has 0 unspecified atom stereocenters. The first-order valence-electron chi connectivity index (χ1n) is 5.69. The van der Waals surface area contributed by atoms with E-state index in [4.69, 9.17) is 9.47 Å². The molecule has 0 N–H and O–H groups in total. The Morgan fingerprint density at radius 1 is 1.17 bits per heavy atom. The van der Waals surface area contributed by atoms with Gasteiger partial charge in [0.1, 0.15) is 0 Å². The molecule has 4 heteroatoms. The second-order valence-electron chi connectivity index (χ2n) is 4.06. The minimum absolute atomic E-state index is 0.275. The maximum absolute atomic E-state index is 10.9. The summed E-state index contributed by atoms with van der Waals surface area (Å²) < 4.78 is 12.5. The molecule has 1 aliphatic rings. The Morgan fingerprint density at radius 3 is 2.94 bits per heavy atom. The summed E-state index contributed by atoms with van der Waals surface area (Å²) in [5.41, 5.74) is 1.72. The van der Waals surface area contributed by atoms with Crippen LogP contribution in [0.15, 0.2) is 42.6 Å². The molecule has 0 amide bonds. The van der Waals surface area contributed by atoms with Crippen molar-refractivity contribution in [2.24, 2.45) is 0 Å². The zero-order valence-electron chi connectivity index (χ0n) is 9.70. The standard InChI is InChI=1S/C14H12NO3/c16-9-12-3-1-2-6-15(12)8-11-4-5-13-14(7-11)18-10-17-13/h1-7,9H,8,10H2/q+1. The van der Waals surface area contributed by atoms with E-state index in [2.05, 4.69) is 0 Å². The molecular formula is C14H12NO3+. The van der Waals surface area contributed by atoms with Crippen LogP contribution in [0, 0.1) is 0 Å². The fourth-order valence-electron chi connectivity index (χ4n) is 1.98. The highest BCUT2D eigenvalue weighted by Crippen LogP contribution is 2.32. The second kappa shape index (κ2) is 4.49. The van der Waals surface area contributed by atoms with Gasteiger partial charge in [-0.25, -0.2) is 0 Å². The first kappa shape index (κ1) is 10.8. The van der Waals surface area contributed by atoms with Gasteiger partial charge >= 0.3 is 0 Å². The van der Waals surface area contributed by atoms with Crippen LogP contribution in [0.1, 0.15) is 16.1 Å². The Hall–Kier alpha value is -2.36. The predicted molar refractivity (Wildman–Crippen MR) is 63.7 cm³/mol. The smallest absolute Gasteiger partial charge is 0.245 e. The minimum Gasteiger partial charge on any atom is -0.454 e. The molecule has 3 rings (SSSR count). The highest BCUT2D eigenvalue weighted by Gasteiger charge is 2.15. The number of pyridine rings is 1. The molecule has 90 valence electrons. The van der Waals surface area contributed by atoms with Gasteiger partial charge in [0.15, 0.2) is 24.2 Å². The van der Waals surface area contributed by atoms with Crippen LogP contribution in [0.4, 0.5) is 0 Å². The van der Waals surface area contributed by atoms with E-state index >= 15 is 0 Å². The summed E-state index contributed by atoms with van der Waals surface area (Å²) in [6.45, 7) is 0.905. The zero-order chi connectivity index (χ0) is 12.4. The van der Waals surface area contributed by atoms with Gasteiger partial charge in [-0.05, 0) is 24.3 Å². The second-order valence-corrected chi connectivity index (χ2v) is 4.06. The van der Waals surface area contributed by atoms with E-state index in [0.717, 1.165) is 23.3 Å². The largest absolute Gasteiger partial charge is 0.454 e. The molecular weight excluding hydrogens is 230 g/mol. The SMILES string of the molecule is O=Cc1cccc[n+]1Cc1ccc2c(c1)OCO2. The van der Waals surface area contributed by atoms with Gasteiger partial charge in [-0.15, -0.1) is 0 Å². The van der Waals surface area contributed by atoms with Gasteiger partial charge in [0.2, 0.25) is 18.8 Å². The van der Waals surface area contributed by atoms with E-state index in [1.165, 1.54) is 0 Å².